The maximum absolute atomic E-state index is 10.9. The van der Waals surface area contributed by atoms with Crippen molar-refractivity contribution in [1.82, 2.24) is 0 Å². The zero-order valence-corrected chi connectivity index (χ0v) is 24.6. The Morgan fingerprint density at radius 1 is 0.806 bits per heavy atom. The molecule has 0 unspecified atom stereocenters. The van der Waals surface area contributed by atoms with Crippen molar-refractivity contribution in [3.8, 4) is 0 Å². The van der Waals surface area contributed by atoms with Crippen LogP contribution in [0.25, 0.3) is 27.3 Å². The zero-order chi connectivity index (χ0) is 20.7. The molecular weight excluding hydrogens is 608 g/mol. The van der Waals surface area contributed by atoms with Gasteiger partial charge in [-0.15, -0.1) is 39.7 Å². The topological polar surface area (TPSA) is 40.9 Å². The fourth-order valence-electron chi connectivity index (χ4n) is 3.44. The second-order valence-corrected chi connectivity index (χ2v) is 7.92. The van der Waals surface area contributed by atoms with Crippen LogP contribution >= 0.6 is 0 Å². The van der Waals surface area contributed by atoms with Crippen LogP contribution in [-0.2, 0) is 25.8 Å². The first-order chi connectivity index (χ1) is 13.4. The van der Waals surface area contributed by atoms with Crippen LogP contribution in [0.2, 0.25) is 13.1 Å². The van der Waals surface area contributed by atoms with E-state index in [0.29, 0.717) is 5.56 Å². The van der Waals surface area contributed by atoms with E-state index < -0.39 is 5.91 Å². The van der Waals surface area contributed by atoms with E-state index in [9.17, 15) is 4.79 Å². The van der Waals surface area contributed by atoms with E-state index in [0.717, 1.165) is 26.2 Å². The first-order valence-electron chi connectivity index (χ1n) is 9.34. The van der Waals surface area contributed by atoms with Crippen molar-refractivity contribution in [1.29, 1.82) is 0 Å². The average molecular weight is 635 g/mol. The first-order valence-corrected chi connectivity index (χ1v) is 11.3. The Balaban J connectivity index is 0. The largest absolute Gasteiger partial charge is 4.00 e. The van der Waals surface area contributed by atoms with Gasteiger partial charge >= 0.3 is 25.8 Å². The van der Waals surface area contributed by atoms with Crippen LogP contribution < -0.4 is 24.8 Å². The molecule has 0 heterocycles. The number of benzene rings is 3. The van der Waals surface area contributed by atoms with Gasteiger partial charge in [-0.3, -0.25) is 0 Å². The Hall–Kier alpha value is -1.33. The van der Waals surface area contributed by atoms with Crippen LogP contribution in [-0.4, -0.2) is 15.4 Å². The molecular formula is C25H27Cl2HfNOSi. The normalized spacial score (nSPS) is 9.06. The molecule has 2 nitrogen and oxygen atoms in total. The van der Waals surface area contributed by atoms with Gasteiger partial charge < -0.3 is 35.3 Å². The van der Waals surface area contributed by atoms with Crippen molar-refractivity contribution in [2.45, 2.75) is 33.9 Å². The number of aryl methyl sites for hydroxylation is 3. The predicted molar refractivity (Wildman–Crippen MR) is 124 cm³/mol. The Kier molecular flexibility index (Phi) is 15.9. The van der Waals surface area contributed by atoms with Crippen molar-refractivity contribution in [3.63, 3.8) is 0 Å². The Morgan fingerprint density at radius 3 is 1.52 bits per heavy atom. The van der Waals surface area contributed by atoms with Gasteiger partial charge in [0, 0.05) is 15.1 Å². The fourth-order valence-corrected chi connectivity index (χ4v) is 3.44. The summed E-state index contributed by atoms with van der Waals surface area (Å²) in [6.07, 6.45) is 0. The number of carbonyl (C=O) groups is 1. The number of amides is 1. The monoisotopic (exact) mass is 635 g/mol. The fraction of sp³-hybridized carbons (Fsp3) is 0.200. The van der Waals surface area contributed by atoms with Crippen molar-refractivity contribution in [3.05, 3.63) is 94.7 Å². The number of rotatable bonds is 1. The van der Waals surface area contributed by atoms with Gasteiger partial charge in [0.1, 0.15) is 0 Å². The molecule has 0 aliphatic heterocycles. The molecule has 0 aromatic heterocycles. The number of halogens is 2. The van der Waals surface area contributed by atoms with Crippen molar-refractivity contribution in [2.75, 3.05) is 0 Å². The summed E-state index contributed by atoms with van der Waals surface area (Å²) in [7, 11) is 1.08. The summed E-state index contributed by atoms with van der Waals surface area (Å²) in [5.41, 5.74) is 10.5. The van der Waals surface area contributed by atoms with Gasteiger partial charge in [-0.05, 0) is 31.9 Å². The third kappa shape index (κ3) is 8.61. The molecule has 0 spiro atoms. The predicted octanol–water partition coefficient (Wildman–Crippen LogP) is 1.31. The molecule has 2 radical (unpaired) electrons. The van der Waals surface area contributed by atoms with Gasteiger partial charge in [-0.25, -0.2) is 0 Å². The van der Waals surface area contributed by atoms with Crippen LogP contribution in [0.4, 0.5) is 0 Å². The standard InChI is InChI=1S/C13H9.C10H13NO.C2H6Si.2ClH.Hf/c1-3-7-12-10(5-1)9-11-6-2-4-8-13(11)12;1-6-4-7(2)9(10(11)12)8(3)5-6;1-3-2;;;/h1-9H;4-5H,1-3H3,(H2,11,12);1-2H3;2*1H;/q-1;;;;;+4/p-3. The molecule has 1 N–H and O–H groups in total. The molecule has 0 saturated carbocycles. The van der Waals surface area contributed by atoms with E-state index in [2.05, 4.69) is 67.7 Å². The minimum atomic E-state index is -0.593. The number of carbonyl (C=O) groups excluding carboxylic acids is 1. The van der Waals surface area contributed by atoms with Crippen LogP contribution in [0.5, 0.6) is 0 Å². The van der Waals surface area contributed by atoms with Gasteiger partial charge in [0.05, 0.1) is 5.91 Å². The molecule has 6 heteroatoms. The molecule has 160 valence electrons. The van der Waals surface area contributed by atoms with Gasteiger partial charge in [0.15, 0.2) is 0 Å². The summed E-state index contributed by atoms with van der Waals surface area (Å²) < 4.78 is 0. The molecule has 0 aliphatic carbocycles. The molecule has 1 amide bonds. The van der Waals surface area contributed by atoms with Crippen LogP contribution in [0.1, 0.15) is 27.0 Å². The molecule has 0 atom stereocenters. The third-order valence-electron chi connectivity index (χ3n) is 4.43. The van der Waals surface area contributed by atoms with E-state index in [1.807, 2.05) is 32.9 Å². The molecule has 4 rings (SSSR count). The number of fused-ring (bicyclic) bond motifs is 3. The summed E-state index contributed by atoms with van der Waals surface area (Å²) >= 11 is 0. The minimum Gasteiger partial charge on any atom is -1.00 e. The van der Waals surface area contributed by atoms with Gasteiger partial charge in [-0.2, -0.15) is 0 Å². The second kappa shape index (κ2) is 15.5. The number of hydrogen-bond acceptors (Lipinski definition) is 1. The van der Waals surface area contributed by atoms with E-state index in [-0.39, 0.29) is 50.7 Å². The third-order valence-corrected chi connectivity index (χ3v) is 4.43. The molecule has 4 aromatic carbocycles. The number of hydrogen-bond donors (Lipinski definition) is 0. The quantitative estimate of drug-likeness (QED) is 0.230. The molecule has 0 fully saturated rings. The average Bonchev–Trinajstić information content (AvgIpc) is 3.00. The van der Waals surface area contributed by atoms with E-state index in [1.54, 1.807) is 0 Å². The van der Waals surface area contributed by atoms with Crippen molar-refractivity contribution in [2.24, 2.45) is 0 Å². The summed E-state index contributed by atoms with van der Waals surface area (Å²) in [5, 5.41) is 5.39. The van der Waals surface area contributed by atoms with E-state index in [4.69, 9.17) is 5.73 Å². The van der Waals surface area contributed by atoms with Crippen molar-refractivity contribution >= 4 is 37.0 Å². The second-order valence-electron chi connectivity index (χ2n) is 6.92. The maximum atomic E-state index is 10.9. The van der Waals surface area contributed by atoms with Crippen LogP contribution in [0.3, 0.4) is 0 Å². The van der Waals surface area contributed by atoms with E-state index in [1.165, 1.54) is 21.5 Å². The molecule has 0 aliphatic rings. The van der Waals surface area contributed by atoms with Gasteiger partial charge in [-0.1, -0.05) is 67.2 Å². The Labute approximate surface area is 219 Å². The van der Waals surface area contributed by atoms with Crippen molar-refractivity contribution < 1.29 is 55.5 Å². The Bertz CT molecular complexity index is 1020. The number of nitrogens with one attached hydrogen (secondary N) is 1. The smallest absolute Gasteiger partial charge is 1.00 e. The summed E-state index contributed by atoms with van der Waals surface area (Å²) in [4.78, 5) is 10.9. The summed E-state index contributed by atoms with van der Waals surface area (Å²) in [6.45, 7) is 10.0. The zero-order valence-electron chi connectivity index (χ0n) is 18.5. The first kappa shape index (κ1) is 31.9. The van der Waals surface area contributed by atoms with Crippen LogP contribution in [0, 0.1) is 20.8 Å². The molecule has 0 saturated heterocycles. The van der Waals surface area contributed by atoms with Crippen LogP contribution in [0.15, 0.2) is 66.7 Å². The van der Waals surface area contributed by atoms with E-state index >= 15 is 0 Å². The van der Waals surface area contributed by atoms with Gasteiger partial charge in [0.25, 0.3) is 0 Å². The minimum absolute atomic E-state index is 0. The SMILES string of the molecule is C[Si]C.Cc1cc(C)c(C([NH-])=O)c(C)c1.[Cl-].[Cl-].[Hf+4].c1ccc2c(c1)[cH-]c1ccccc12. The molecule has 0 bridgehead atoms. The molecule has 4 aromatic rings. The summed E-state index contributed by atoms with van der Waals surface area (Å²) in [6, 6.07) is 23.1. The maximum Gasteiger partial charge on any atom is 4.00 e. The molecule has 31 heavy (non-hydrogen) atoms. The van der Waals surface area contributed by atoms with Gasteiger partial charge in [0.2, 0.25) is 0 Å². The Morgan fingerprint density at radius 2 is 1.16 bits per heavy atom. The summed E-state index contributed by atoms with van der Waals surface area (Å²) in [5.74, 6) is -0.593.